The fourth-order valence-electron chi connectivity index (χ4n) is 2.22. The summed E-state index contributed by atoms with van der Waals surface area (Å²) in [5.74, 6) is 0.922. The van der Waals surface area contributed by atoms with Gasteiger partial charge in [0.05, 0.1) is 7.11 Å². The van der Waals surface area contributed by atoms with Gasteiger partial charge >= 0.3 is 0 Å². The molecule has 3 aromatic rings. The summed E-state index contributed by atoms with van der Waals surface area (Å²) < 4.78 is 5.37. The molecule has 0 unspecified atom stereocenters. The van der Waals surface area contributed by atoms with E-state index < -0.39 is 0 Å². The second-order valence-corrected chi connectivity index (χ2v) is 4.45. The Hall–Kier alpha value is -2.22. The molecule has 90 valence electrons. The largest absolute Gasteiger partial charge is 0.496 e. The molecule has 0 saturated carbocycles. The molecular formula is C16H15NO. The van der Waals surface area contributed by atoms with Crippen LogP contribution in [-0.4, -0.2) is 12.1 Å². The maximum Gasteiger partial charge on any atom is 0.122 e. The van der Waals surface area contributed by atoms with E-state index in [2.05, 4.69) is 47.4 Å². The highest BCUT2D eigenvalue weighted by molar-refractivity contribution is 5.86. The predicted molar refractivity (Wildman–Crippen MR) is 75.0 cm³/mol. The number of rotatable bonds is 2. The second kappa shape index (κ2) is 4.22. The number of aromatic amines is 1. The molecule has 18 heavy (non-hydrogen) atoms. The van der Waals surface area contributed by atoms with Crippen molar-refractivity contribution in [2.24, 2.45) is 0 Å². The molecule has 1 heterocycles. The Balaban J connectivity index is 2.13. The Bertz CT molecular complexity index is 664. The van der Waals surface area contributed by atoms with Crippen LogP contribution >= 0.6 is 0 Å². The van der Waals surface area contributed by atoms with Crippen LogP contribution in [0, 0.1) is 6.92 Å². The van der Waals surface area contributed by atoms with Crippen LogP contribution in [-0.2, 0) is 0 Å². The third-order valence-electron chi connectivity index (χ3n) is 3.25. The molecule has 0 spiro atoms. The van der Waals surface area contributed by atoms with Crippen LogP contribution in [0.15, 0.2) is 48.5 Å². The molecule has 0 fully saturated rings. The second-order valence-electron chi connectivity index (χ2n) is 4.45. The van der Waals surface area contributed by atoms with E-state index in [4.69, 9.17) is 4.74 Å². The summed E-state index contributed by atoms with van der Waals surface area (Å²) in [7, 11) is 1.71. The summed E-state index contributed by atoms with van der Waals surface area (Å²) in [6.45, 7) is 2.05. The maximum atomic E-state index is 5.37. The Labute approximate surface area is 106 Å². The predicted octanol–water partition coefficient (Wildman–Crippen LogP) is 4.15. The smallest absolute Gasteiger partial charge is 0.122 e. The zero-order valence-electron chi connectivity index (χ0n) is 10.5. The highest BCUT2D eigenvalue weighted by Gasteiger charge is 2.05. The number of ether oxygens (including phenoxy) is 1. The van der Waals surface area contributed by atoms with Crippen LogP contribution in [0.4, 0.5) is 0 Å². The van der Waals surface area contributed by atoms with Crippen molar-refractivity contribution < 1.29 is 4.74 Å². The molecule has 1 aromatic heterocycles. The highest BCUT2D eigenvalue weighted by Crippen LogP contribution is 2.28. The topological polar surface area (TPSA) is 25.0 Å². The number of hydrogen-bond acceptors (Lipinski definition) is 1. The van der Waals surface area contributed by atoms with Crippen LogP contribution in [0.5, 0.6) is 5.75 Å². The Morgan fingerprint density at radius 2 is 1.83 bits per heavy atom. The molecule has 0 saturated heterocycles. The Morgan fingerprint density at radius 1 is 1.00 bits per heavy atom. The lowest BCUT2D eigenvalue weighted by Gasteiger charge is -2.06. The molecule has 0 radical (unpaired) electrons. The van der Waals surface area contributed by atoms with Crippen molar-refractivity contribution in [1.29, 1.82) is 0 Å². The average molecular weight is 237 g/mol. The molecule has 0 aliphatic carbocycles. The third-order valence-corrected chi connectivity index (χ3v) is 3.25. The van der Waals surface area contributed by atoms with Crippen LogP contribution in [0.2, 0.25) is 0 Å². The average Bonchev–Trinajstić information content (AvgIpc) is 2.83. The lowest BCUT2D eigenvalue weighted by atomic mass is 10.1. The van der Waals surface area contributed by atoms with Gasteiger partial charge in [0, 0.05) is 22.2 Å². The van der Waals surface area contributed by atoms with E-state index in [1.807, 2.05) is 13.0 Å². The molecule has 1 N–H and O–H groups in total. The van der Waals surface area contributed by atoms with Crippen molar-refractivity contribution in [2.45, 2.75) is 6.92 Å². The zero-order chi connectivity index (χ0) is 12.5. The summed E-state index contributed by atoms with van der Waals surface area (Å²) >= 11 is 0. The number of hydrogen-bond donors (Lipinski definition) is 1. The SMILES string of the molecule is COc1cc(-c2cc3ccccc3[nH]2)ccc1C. The Kier molecular flexibility index (Phi) is 2.56. The first-order valence-corrected chi connectivity index (χ1v) is 6.01. The molecule has 2 heteroatoms. The molecule has 3 rings (SSSR count). The number of nitrogens with one attached hydrogen (secondary N) is 1. The van der Waals surface area contributed by atoms with Gasteiger partial charge in [-0.1, -0.05) is 30.3 Å². The number of H-pyrrole nitrogens is 1. The Morgan fingerprint density at radius 3 is 2.61 bits per heavy atom. The van der Waals surface area contributed by atoms with E-state index >= 15 is 0 Å². The molecule has 2 nitrogen and oxygen atoms in total. The number of aromatic nitrogens is 1. The van der Waals surface area contributed by atoms with Gasteiger partial charge in [-0.2, -0.15) is 0 Å². The van der Waals surface area contributed by atoms with Crippen LogP contribution in [0.25, 0.3) is 22.2 Å². The molecular weight excluding hydrogens is 222 g/mol. The van der Waals surface area contributed by atoms with Gasteiger partial charge in [0.1, 0.15) is 5.75 Å². The van der Waals surface area contributed by atoms with E-state index in [0.717, 1.165) is 28.1 Å². The van der Waals surface area contributed by atoms with Gasteiger partial charge in [-0.15, -0.1) is 0 Å². The monoisotopic (exact) mass is 237 g/mol. The van der Waals surface area contributed by atoms with Crippen molar-refractivity contribution >= 4 is 10.9 Å². The van der Waals surface area contributed by atoms with E-state index in [9.17, 15) is 0 Å². The minimum absolute atomic E-state index is 0.922. The van der Waals surface area contributed by atoms with E-state index in [1.165, 1.54) is 5.39 Å². The van der Waals surface area contributed by atoms with Gasteiger partial charge in [-0.05, 0) is 30.7 Å². The minimum Gasteiger partial charge on any atom is -0.496 e. The minimum atomic E-state index is 0.922. The lowest BCUT2D eigenvalue weighted by molar-refractivity contribution is 0.412. The molecule has 0 aliphatic rings. The fourth-order valence-corrected chi connectivity index (χ4v) is 2.22. The summed E-state index contributed by atoms with van der Waals surface area (Å²) in [6.07, 6.45) is 0. The van der Waals surface area contributed by atoms with E-state index in [-0.39, 0.29) is 0 Å². The molecule has 0 amide bonds. The number of benzene rings is 2. The molecule has 0 atom stereocenters. The van der Waals surface area contributed by atoms with Crippen molar-refractivity contribution in [3.8, 4) is 17.0 Å². The number of aryl methyl sites for hydroxylation is 1. The van der Waals surface area contributed by atoms with E-state index in [0.29, 0.717) is 0 Å². The van der Waals surface area contributed by atoms with Gasteiger partial charge in [-0.3, -0.25) is 0 Å². The van der Waals surface area contributed by atoms with Crippen molar-refractivity contribution in [3.63, 3.8) is 0 Å². The molecule has 2 aromatic carbocycles. The van der Waals surface area contributed by atoms with Gasteiger partial charge in [0.2, 0.25) is 0 Å². The number of methoxy groups -OCH3 is 1. The first kappa shape index (κ1) is 10.9. The molecule has 0 aliphatic heterocycles. The summed E-state index contributed by atoms with van der Waals surface area (Å²) in [6, 6.07) is 16.7. The van der Waals surface area contributed by atoms with Crippen molar-refractivity contribution in [1.82, 2.24) is 4.98 Å². The quantitative estimate of drug-likeness (QED) is 0.711. The van der Waals surface area contributed by atoms with Gasteiger partial charge in [0.15, 0.2) is 0 Å². The standard InChI is InChI=1S/C16H15NO/c1-11-7-8-13(10-16(11)18-2)15-9-12-5-3-4-6-14(12)17-15/h3-10,17H,1-2H3. The van der Waals surface area contributed by atoms with Gasteiger partial charge in [-0.25, -0.2) is 0 Å². The van der Waals surface area contributed by atoms with Crippen LogP contribution in [0.3, 0.4) is 0 Å². The zero-order valence-corrected chi connectivity index (χ0v) is 10.5. The van der Waals surface area contributed by atoms with Crippen molar-refractivity contribution in [2.75, 3.05) is 7.11 Å². The lowest BCUT2D eigenvalue weighted by Crippen LogP contribution is -1.87. The first-order chi connectivity index (χ1) is 8.78. The maximum absolute atomic E-state index is 5.37. The fraction of sp³-hybridized carbons (Fsp3) is 0.125. The summed E-state index contributed by atoms with van der Waals surface area (Å²) in [4.78, 5) is 3.43. The first-order valence-electron chi connectivity index (χ1n) is 6.01. The van der Waals surface area contributed by atoms with Crippen LogP contribution in [0.1, 0.15) is 5.56 Å². The number of fused-ring (bicyclic) bond motifs is 1. The number of para-hydroxylation sites is 1. The van der Waals surface area contributed by atoms with E-state index in [1.54, 1.807) is 7.11 Å². The van der Waals surface area contributed by atoms with Gasteiger partial charge < -0.3 is 9.72 Å². The van der Waals surface area contributed by atoms with Crippen molar-refractivity contribution in [3.05, 3.63) is 54.1 Å². The van der Waals surface area contributed by atoms with Gasteiger partial charge in [0.25, 0.3) is 0 Å². The normalized spacial score (nSPS) is 10.8. The molecule has 0 bridgehead atoms. The summed E-state index contributed by atoms with van der Waals surface area (Å²) in [5.41, 5.74) is 4.58. The highest BCUT2D eigenvalue weighted by atomic mass is 16.5. The van der Waals surface area contributed by atoms with Crippen LogP contribution < -0.4 is 4.74 Å². The summed E-state index contributed by atoms with van der Waals surface area (Å²) in [5, 5.41) is 1.23. The third kappa shape index (κ3) is 1.76.